The largest absolute Gasteiger partial charge is 0.467 e. The van der Waals surface area contributed by atoms with Crippen molar-refractivity contribution >= 4 is 0 Å². The SMILES string of the molecule is CC(C)CC(C)OCc1occc1CNC(C)(C)C. The van der Waals surface area contributed by atoms with E-state index in [0.717, 1.165) is 18.7 Å². The lowest BCUT2D eigenvalue weighted by molar-refractivity contribution is 0.0297. The van der Waals surface area contributed by atoms with Gasteiger partial charge in [-0.1, -0.05) is 13.8 Å². The molecule has 0 aliphatic heterocycles. The predicted molar refractivity (Wildman–Crippen MR) is 79.0 cm³/mol. The van der Waals surface area contributed by atoms with Crippen LogP contribution in [0.5, 0.6) is 0 Å². The van der Waals surface area contributed by atoms with Crippen LogP contribution < -0.4 is 5.32 Å². The Hall–Kier alpha value is -0.800. The van der Waals surface area contributed by atoms with Gasteiger partial charge in [0.1, 0.15) is 12.4 Å². The monoisotopic (exact) mass is 267 g/mol. The van der Waals surface area contributed by atoms with E-state index in [2.05, 4.69) is 46.9 Å². The maximum Gasteiger partial charge on any atom is 0.133 e. The maximum absolute atomic E-state index is 5.85. The molecule has 0 spiro atoms. The van der Waals surface area contributed by atoms with Gasteiger partial charge >= 0.3 is 0 Å². The van der Waals surface area contributed by atoms with Gasteiger partial charge in [-0.15, -0.1) is 0 Å². The van der Waals surface area contributed by atoms with Gasteiger partial charge < -0.3 is 14.5 Å². The number of hydrogen-bond donors (Lipinski definition) is 1. The van der Waals surface area contributed by atoms with E-state index >= 15 is 0 Å². The first-order chi connectivity index (χ1) is 8.78. The van der Waals surface area contributed by atoms with Crippen molar-refractivity contribution in [2.75, 3.05) is 0 Å². The highest BCUT2D eigenvalue weighted by Gasteiger charge is 2.13. The van der Waals surface area contributed by atoms with Crippen LogP contribution >= 0.6 is 0 Å². The van der Waals surface area contributed by atoms with Gasteiger partial charge in [0.05, 0.1) is 12.4 Å². The third-order valence-corrected chi connectivity index (χ3v) is 2.95. The average molecular weight is 267 g/mol. The van der Waals surface area contributed by atoms with Crippen LogP contribution in [0.2, 0.25) is 0 Å². The van der Waals surface area contributed by atoms with Crippen molar-refractivity contribution < 1.29 is 9.15 Å². The van der Waals surface area contributed by atoms with Crippen molar-refractivity contribution in [3.05, 3.63) is 23.7 Å². The van der Waals surface area contributed by atoms with Crippen molar-refractivity contribution in [2.45, 2.75) is 72.8 Å². The van der Waals surface area contributed by atoms with E-state index in [4.69, 9.17) is 9.15 Å². The van der Waals surface area contributed by atoms with Gasteiger partial charge in [0.15, 0.2) is 0 Å². The van der Waals surface area contributed by atoms with Gasteiger partial charge in [0.25, 0.3) is 0 Å². The molecule has 3 heteroatoms. The van der Waals surface area contributed by atoms with E-state index in [0.29, 0.717) is 12.5 Å². The van der Waals surface area contributed by atoms with Crippen molar-refractivity contribution in [3.63, 3.8) is 0 Å². The summed E-state index contributed by atoms with van der Waals surface area (Å²) in [5.41, 5.74) is 1.30. The summed E-state index contributed by atoms with van der Waals surface area (Å²) in [6.07, 6.45) is 3.09. The highest BCUT2D eigenvalue weighted by Crippen LogP contribution is 2.16. The Morgan fingerprint density at radius 3 is 2.53 bits per heavy atom. The molecule has 0 fully saturated rings. The molecule has 0 saturated carbocycles. The average Bonchev–Trinajstić information content (AvgIpc) is 2.69. The van der Waals surface area contributed by atoms with E-state index in [-0.39, 0.29) is 11.6 Å². The van der Waals surface area contributed by atoms with Crippen LogP contribution in [0.3, 0.4) is 0 Å². The number of rotatable bonds is 7. The van der Waals surface area contributed by atoms with Crippen LogP contribution in [0.4, 0.5) is 0 Å². The summed E-state index contributed by atoms with van der Waals surface area (Å²) in [4.78, 5) is 0. The van der Waals surface area contributed by atoms with Crippen molar-refractivity contribution in [3.8, 4) is 0 Å². The molecule has 0 aliphatic rings. The van der Waals surface area contributed by atoms with E-state index in [1.807, 2.05) is 6.07 Å². The van der Waals surface area contributed by atoms with E-state index in [1.54, 1.807) is 6.26 Å². The summed E-state index contributed by atoms with van der Waals surface area (Å²) >= 11 is 0. The molecule has 110 valence electrons. The van der Waals surface area contributed by atoms with Crippen molar-refractivity contribution in [2.24, 2.45) is 5.92 Å². The second-order valence-corrected chi connectivity index (χ2v) is 6.72. The van der Waals surface area contributed by atoms with Crippen LogP contribution in [0, 0.1) is 5.92 Å². The molecule has 3 nitrogen and oxygen atoms in total. The maximum atomic E-state index is 5.85. The Morgan fingerprint density at radius 2 is 1.95 bits per heavy atom. The quantitative estimate of drug-likeness (QED) is 0.807. The van der Waals surface area contributed by atoms with Gasteiger partial charge in [-0.2, -0.15) is 0 Å². The molecule has 1 unspecified atom stereocenters. The van der Waals surface area contributed by atoms with Gasteiger partial charge in [-0.3, -0.25) is 0 Å². The van der Waals surface area contributed by atoms with E-state index in [9.17, 15) is 0 Å². The Morgan fingerprint density at radius 1 is 1.26 bits per heavy atom. The summed E-state index contributed by atoms with van der Waals surface area (Å²) in [6.45, 7) is 14.4. The minimum Gasteiger partial charge on any atom is -0.467 e. The zero-order valence-electron chi connectivity index (χ0n) is 13.2. The third kappa shape index (κ3) is 6.79. The molecule has 19 heavy (non-hydrogen) atoms. The molecule has 0 amide bonds. The normalized spacial score (nSPS) is 14.1. The molecule has 1 atom stereocenters. The fourth-order valence-electron chi connectivity index (χ4n) is 1.96. The molecule has 0 radical (unpaired) electrons. The van der Waals surface area contributed by atoms with Crippen LogP contribution in [0.25, 0.3) is 0 Å². The molecule has 1 aromatic heterocycles. The highest BCUT2D eigenvalue weighted by atomic mass is 16.5. The predicted octanol–water partition coefficient (Wildman–Crippen LogP) is 4.12. The Labute approximate surface area is 117 Å². The van der Waals surface area contributed by atoms with E-state index in [1.165, 1.54) is 5.56 Å². The topological polar surface area (TPSA) is 34.4 Å². The molecular formula is C16H29NO2. The van der Waals surface area contributed by atoms with Crippen molar-refractivity contribution in [1.29, 1.82) is 0 Å². The molecule has 0 bridgehead atoms. The van der Waals surface area contributed by atoms with Crippen LogP contribution in [-0.2, 0) is 17.9 Å². The summed E-state index contributed by atoms with van der Waals surface area (Å²) < 4.78 is 11.4. The minimum atomic E-state index is 0.111. The van der Waals surface area contributed by atoms with Gasteiger partial charge in [0.2, 0.25) is 0 Å². The minimum absolute atomic E-state index is 0.111. The summed E-state index contributed by atoms with van der Waals surface area (Å²) in [5, 5.41) is 3.47. The number of furan rings is 1. The molecule has 0 aromatic carbocycles. The summed E-state index contributed by atoms with van der Waals surface area (Å²) in [5.74, 6) is 1.60. The fraction of sp³-hybridized carbons (Fsp3) is 0.750. The van der Waals surface area contributed by atoms with Gasteiger partial charge in [-0.05, 0) is 46.1 Å². The first-order valence-electron chi connectivity index (χ1n) is 7.20. The van der Waals surface area contributed by atoms with Crippen LogP contribution in [-0.4, -0.2) is 11.6 Å². The molecule has 1 rings (SSSR count). The smallest absolute Gasteiger partial charge is 0.133 e. The molecule has 1 N–H and O–H groups in total. The highest BCUT2D eigenvalue weighted by molar-refractivity contribution is 5.16. The first kappa shape index (κ1) is 16.3. The zero-order valence-corrected chi connectivity index (χ0v) is 13.2. The standard InChI is InChI=1S/C16H29NO2/c1-12(2)9-13(3)19-11-15-14(7-8-18-15)10-17-16(4,5)6/h7-8,12-13,17H,9-11H2,1-6H3. The van der Waals surface area contributed by atoms with Crippen LogP contribution in [0.1, 0.15) is 59.3 Å². The number of hydrogen-bond acceptors (Lipinski definition) is 3. The second-order valence-electron chi connectivity index (χ2n) is 6.72. The second kappa shape index (κ2) is 7.11. The third-order valence-electron chi connectivity index (χ3n) is 2.95. The summed E-state index contributed by atoms with van der Waals surface area (Å²) in [7, 11) is 0. The molecule has 1 heterocycles. The first-order valence-corrected chi connectivity index (χ1v) is 7.20. The van der Waals surface area contributed by atoms with Crippen molar-refractivity contribution in [1.82, 2.24) is 5.32 Å². The number of ether oxygens (including phenoxy) is 1. The number of nitrogens with one attached hydrogen (secondary N) is 1. The fourth-order valence-corrected chi connectivity index (χ4v) is 1.96. The Balaban J connectivity index is 2.44. The summed E-state index contributed by atoms with van der Waals surface area (Å²) in [6, 6.07) is 2.02. The van der Waals surface area contributed by atoms with Gasteiger partial charge in [0, 0.05) is 17.6 Å². The molecular weight excluding hydrogens is 238 g/mol. The Bertz CT molecular complexity index is 363. The lowest BCUT2D eigenvalue weighted by Gasteiger charge is -2.20. The lowest BCUT2D eigenvalue weighted by Crippen LogP contribution is -2.35. The zero-order chi connectivity index (χ0) is 14.5. The lowest BCUT2D eigenvalue weighted by atomic mass is 10.1. The Kier molecular flexibility index (Phi) is 6.08. The molecule has 1 aromatic rings. The van der Waals surface area contributed by atoms with Gasteiger partial charge in [-0.25, -0.2) is 0 Å². The molecule has 0 aliphatic carbocycles. The van der Waals surface area contributed by atoms with Crippen LogP contribution in [0.15, 0.2) is 16.7 Å². The molecule has 0 saturated heterocycles. The van der Waals surface area contributed by atoms with E-state index < -0.39 is 0 Å².